The van der Waals surface area contributed by atoms with Crippen LogP contribution in [-0.2, 0) is 11.8 Å². The monoisotopic (exact) mass is 264 g/mol. The highest BCUT2D eigenvalue weighted by molar-refractivity contribution is 7.08. The minimum atomic E-state index is -0.531. The van der Waals surface area contributed by atoms with Crippen molar-refractivity contribution in [3.8, 4) is 0 Å². The van der Waals surface area contributed by atoms with Crippen LogP contribution in [0.25, 0.3) is 0 Å². The van der Waals surface area contributed by atoms with Crippen LogP contribution in [0.15, 0.2) is 23.0 Å². The zero-order chi connectivity index (χ0) is 13.1. The van der Waals surface area contributed by atoms with E-state index in [1.54, 1.807) is 25.4 Å². The highest BCUT2D eigenvalue weighted by atomic mass is 32.1. The zero-order valence-electron chi connectivity index (χ0n) is 10.0. The first kappa shape index (κ1) is 12.5. The van der Waals surface area contributed by atoms with Gasteiger partial charge in [0.05, 0.1) is 18.4 Å². The van der Waals surface area contributed by atoms with Crippen LogP contribution in [0.4, 0.5) is 0 Å². The van der Waals surface area contributed by atoms with Gasteiger partial charge in [0.25, 0.3) is 0 Å². The Labute approximate surface area is 108 Å². The van der Waals surface area contributed by atoms with Crippen molar-refractivity contribution in [2.45, 2.75) is 6.92 Å². The summed E-state index contributed by atoms with van der Waals surface area (Å²) >= 11 is 1.43. The van der Waals surface area contributed by atoms with Crippen LogP contribution in [-0.4, -0.2) is 28.1 Å². The van der Waals surface area contributed by atoms with Crippen molar-refractivity contribution < 1.29 is 14.3 Å². The summed E-state index contributed by atoms with van der Waals surface area (Å²) in [6.45, 7) is 1.98. The molecule has 0 bridgehead atoms. The van der Waals surface area contributed by atoms with Crippen molar-refractivity contribution in [1.82, 2.24) is 9.78 Å². The molecule has 5 nitrogen and oxygen atoms in total. The third-order valence-electron chi connectivity index (χ3n) is 2.44. The predicted molar refractivity (Wildman–Crippen MR) is 66.9 cm³/mol. The molecular weight excluding hydrogens is 252 g/mol. The Balaban J connectivity index is 2.40. The summed E-state index contributed by atoms with van der Waals surface area (Å²) < 4.78 is 6.28. The first-order chi connectivity index (χ1) is 8.65. The van der Waals surface area contributed by atoms with E-state index in [9.17, 15) is 9.59 Å². The lowest BCUT2D eigenvalue weighted by atomic mass is 10.1. The molecule has 0 amide bonds. The van der Waals surface area contributed by atoms with E-state index in [2.05, 4.69) is 5.10 Å². The largest absolute Gasteiger partial charge is 0.461 e. The van der Waals surface area contributed by atoms with Crippen molar-refractivity contribution in [3.05, 3.63) is 39.8 Å². The standard InChI is InChI=1S/C12H12N2O3S/c1-3-17-12(16)10-9(6-13-14(10)2)11(15)8-4-5-18-7-8/h4-7H,3H2,1-2H3. The number of thiophene rings is 1. The van der Waals surface area contributed by atoms with Crippen LogP contribution in [0.2, 0.25) is 0 Å². The molecule has 0 aromatic carbocycles. The van der Waals surface area contributed by atoms with E-state index in [-0.39, 0.29) is 23.6 Å². The number of rotatable bonds is 4. The van der Waals surface area contributed by atoms with Gasteiger partial charge in [-0.2, -0.15) is 16.4 Å². The fourth-order valence-electron chi connectivity index (χ4n) is 1.59. The second kappa shape index (κ2) is 5.14. The molecule has 0 fully saturated rings. The van der Waals surface area contributed by atoms with Gasteiger partial charge in [0.2, 0.25) is 0 Å². The Morgan fingerprint density at radius 3 is 2.89 bits per heavy atom. The summed E-state index contributed by atoms with van der Waals surface area (Å²) in [5.74, 6) is -0.747. The molecule has 0 N–H and O–H groups in total. The topological polar surface area (TPSA) is 61.2 Å². The molecule has 0 radical (unpaired) electrons. The summed E-state index contributed by atoms with van der Waals surface area (Å²) in [5, 5.41) is 7.50. The van der Waals surface area contributed by atoms with E-state index in [1.165, 1.54) is 22.2 Å². The fraction of sp³-hybridized carbons (Fsp3) is 0.250. The van der Waals surface area contributed by atoms with E-state index in [0.29, 0.717) is 5.56 Å². The highest BCUT2D eigenvalue weighted by Gasteiger charge is 2.23. The van der Waals surface area contributed by atoms with Crippen molar-refractivity contribution in [2.75, 3.05) is 6.61 Å². The summed E-state index contributed by atoms with van der Waals surface area (Å²) in [7, 11) is 1.61. The van der Waals surface area contributed by atoms with E-state index in [4.69, 9.17) is 4.74 Å². The number of hydrogen-bond acceptors (Lipinski definition) is 5. The van der Waals surface area contributed by atoms with Gasteiger partial charge >= 0.3 is 5.97 Å². The van der Waals surface area contributed by atoms with Crippen LogP contribution in [0, 0.1) is 0 Å². The number of aryl methyl sites for hydroxylation is 1. The van der Waals surface area contributed by atoms with Gasteiger partial charge in [-0.1, -0.05) is 0 Å². The molecule has 2 aromatic rings. The molecule has 0 aliphatic heterocycles. The lowest BCUT2D eigenvalue weighted by molar-refractivity contribution is 0.0511. The second-order valence-electron chi connectivity index (χ2n) is 3.59. The van der Waals surface area contributed by atoms with E-state index >= 15 is 0 Å². The third-order valence-corrected chi connectivity index (χ3v) is 3.12. The highest BCUT2D eigenvalue weighted by Crippen LogP contribution is 2.17. The third kappa shape index (κ3) is 2.19. The molecule has 18 heavy (non-hydrogen) atoms. The molecule has 0 spiro atoms. The number of ketones is 1. The molecule has 6 heteroatoms. The number of ether oxygens (including phenoxy) is 1. The molecule has 0 aliphatic rings. The number of carbonyl (C=O) groups is 2. The average Bonchev–Trinajstić information content (AvgIpc) is 2.97. The minimum Gasteiger partial charge on any atom is -0.461 e. The van der Waals surface area contributed by atoms with E-state index in [0.717, 1.165) is 0 Å². The predicted octanol–water partition coefficient (Wildman–Crippen LogP) is 1.89. The normalized spacial score (nSPS) is 10.3. The summed E-state index contributed by atoms with van der Waals surface area (Å²) in [6, 6.07) is 1.72. The van der Waals surface area contributed by atoms with Gasteiger partial charge in [0, 0.05) is 18.0 Å². The minimum absolute atomic E-state index is 0.188. The van der Waals surface area contributed by atoms with Crippen molar-refractivity contribution in [3.63, 3.8) is 0 Å². The number of esters is 1. The summed E-state index contributed by atoms with van der Waals surface area (Å²) in [4.78, 5) is 24.0. The average molecular weight is 264 g/mol. The molecule has 0 atom stereocenters. The molecule has 2 rings (SSSR count). The second-order valence-corrected chi connectivity index (χ2v) is 4.37. The molecular formula is C12H12N2O3S. The maximum atomic E-state index is 12.2. The van der Waals surface area contributed by atoms with Crippen LogP contribution < -0.4 is 0 Å². The molecule has 0 unspecified atom stereocenters. The quantitative estimate of drug-likeness (QED) is 0.625. The summed E-state index contributed by atoms with van der Waals surface area (Å²) in [5.41, 5.74) is 1.01. The van der Waals surface area contributed by atoms with Crippen molar-refractivity contribution >= 4 is 23.1 Å². The maximum Gasteiger partial charge on any atom is 0.357 e. The molecule has 2 heterocycles. The molecule has 2 aromatic heterocycles. The Kier molecular flexibility index (Phi) is 3.57. The Morgan fingerprint density at radius 2 is 2.28 bits per heavy atom. The van der Waals surface area contributed by atoms with Gasteiger partial charge in [-0.15, -0.1) is 0 Å². The van der Waals surface area contributed by atoms with Gasteiger partial charge in [0.1, 0.15) is 0 Å². The molecule has 0 saturated carbocycles. The first-order valence-corrected chi connectivity index (χ1v) is 6.35. The van der Waals surface area contributed by atoms with Gasteiger partial charge in [-0.3, -0.25) is 9.48 Å². The van der Waals surface area contributed by atoms with Crippen molar-refractivity contribution in [2.24, 2.45) is 7.05 Å². The fourth-order valence-corrected chi connectivity index (χ4v) is 2.23. The lowest BCUT2D eigenvalue weighted by Gasteiger charge is -2.04. The Bertz CT molecular complexity index is 572. The summed E-state index contributed by atoms with van der Waals surface area (Å²) in [6.07, 6.45) is 1.40. The molecule has 94 valence electrons. The molecule has 0 aliphatic carbocycles. The number of aromatic nitrogens is 2. The number of nitrogens with zero attached hydrogens (tertiary/aromatic N) is 2. The number of hydrogen-bond donors (Lipinski definition) is 0. The van der Waals surface area contributed by atoms with Gasteiger partial charge in [-0.25, -0.2) is 4.79 Å². The van der Waals surface area contributed by atoms with Gasteiger partial charge in [0.15, 0.2) is 11.5 Å². The van der Waals surface area contributed by atoms with Crippen molar-refractivity contribution in [1.29, 1.82) is 0 Å². The smallest absolute Gasteiger partial charge is 0.357 e. The maximum absolute atomic E-state index is 12.2. The van der Waals surface area contributed by atoms with Crippen LogP contribution in [0.3, 0.4) is 0 Å². The Hall–Kier alpha value is -1.95. The SMILES string of the molecule is CCOC(=O)c1c(C(=O)c2ccsc2)cnn1C. The van der Waals surface area contributed by atoms with Crippen LogP contribution >= 0.6 is 11.3 Å². The van der Waals surface area contributed by atoms with E-state index in [1.807, 2.05) is 5.38 Å². The number of carbonyl (C=O) groups excluding carboxylic acids is 2. The van der Waals surface area contributed by atoms with E-state index < -0.39 is 5.97 Å². The lowest BCUT2D eigenvalue weighted by Crippen LogP contribution is -2.15. The van der Waals surface area contributed by atoms with Gasteiger partial charge < -0.3 is 4.74 Å². The van der Waals surface area contributed by atoms with Crippen LogP contribution in [0.5, 0.6) is 0 Å². The van der Waals surface area contributed by atoms with Crippen LogP contribution in [0.1, 0.15) is 33.3 Å². The zero-order valence-corrected chi connectivity index (χ0v) is 10.9. The van der Waals surface area contributed by atoms with Gasteiger partial charge in [-0.05, 0) is 18.4 Å². The first-order valence-electron chi connectivity index (χ1n) is 5.41. The Morgan fingerprint density at radius 1 is 1.50 bits per heavy atom. The molecule has 0 saturated heterocycles.